The highest BCUT2D eigenvalue weighted by molar-refractivity contribution is 9.10. The Labute approximate surface area is 110 Å². The van der Waals surface area contributed by atoms with Crippen molar-refractivity contribution in [3.63, 3.8) is 0 Å². The Hall–Kier alpha value is -1.48. The largest absolute Gasteiger partial charge is 0.497 e. The lowest BCUT2D eigenvalue weighted by atomic mass is 10.2. The lowest BCUT2D eigenvalue weighted by Crippen LogP contribution is -1.99. The quantitative estimate of drug-likeness (QED) is 0.917. The van der Waals surface area contributed by atoms with Crippen LogP contribution in [0.3, 0.4) is 0 Å². The monoisotopic (exact) mass is 291 g/mol. The predicted octanol–water partition coefficient (Wildman–Crippen LogP) is 4.07. The van der Waals surface area contributed by atoms with Gasteiger partial charge in [-0.15, -0.1) is 0 Å². The van der Waals surface area contributed by atoms with E-state index in [-0.39, 0.29) is 0 Å². The third kappa shape index (κ3) is 3.49. The van der Waals surface area contributed by atoms with Crippen molar-refractivity contribution in [2.45, 2.75) is 6.54 Å². The van der Waals surface area contributed by atoms with Crippen molar-refractivity contribution in [1.29, 1.82) is 0 Å². The van der Waals surface area contributed by atoms with Gasteiger partial charge in [0, 0.05) is 22.8 Å². The molecule has 3 heteroatoms. The Morgan fingerprint density at radius 2 is 1.88 bits per heavy atom. The second kappa shape index (κ2) is 5.73. The van der Waals surface area contributed by atoms with Gasteiger partial charge in [0.2, 0.25) is 0 Å². The molecule has 0 aliphatic carbocycles. The molecular weight excluding hydrogens is 278 g/mol. The van der Waals surface area contributed by atoms with Crippen molar-refractivity contribution in [3.8, 4) is 5.75 Å². The van der Waals surface area contributed by atoms with Crippen LogP contribution < -0.4 is 10.1 Å². The van der Waals surface area contributed by atoms with Gasteiger partial charge in [0.1, 0.15) is 5.75 Å². The normalized spacial score (nSPS) is 10.0. The SMILES string of the molecule is COc1cccc(NCc2ccc(Br)cc2)c1. The van der Waals surface area contributed by atoms with Gasteiger partial charge in [-0.1, -0.05) is 34.1 Å². The summed E-state index contributed by atoms with van der Waals surface area (Å²) in [5.41, 5.74) is 2.31. The van der Waals surface area contributed by atoms with Gasteiger partial charge in [-0.2, -0.15) is 0 Å². The number of benzene rings is 2. The highest BCUT2D eigenvalue weighted by atomic mass is 79.9. The van der Waals surface area contributed by atoms with Crippen LogP contribution in [0.4, 0.5) is 5.69 Å². The maximum Gasteiger partial charge on any atom is 0.120 e. The van der Waals surface area contributed by atoms with Crippen LogP contribution >= 0.6 is 15.9 Å². The van der Waals surface area contributed by atoms with E-state index >= 15 is 0 Å². The van der Waals surface area contributed by atoms with E-state index in [0.29, 0.717) is 0 Å². The fourth-order valence-electron chi connectivity index (χ4n) is 1.54. The molecule has 2 aromatic rings. The molecular formula is C14H14BrNO. The molecule has 0 aliphatic heterocycles. The van der Waals surface area contributed by atoms with Crippen molar-refractivity contribution < 1.29 is 4.74 Å². The molecule has 1 N–H and O–H groups in total. The Balaban J connectivity index is 1.99. The maximum absolute atomic E-state index is 5.18. The van der Waals surface area contributed by atoms with Crippen LogP contribution in [0.25, 0.3) is 0 Å². The minimum Gasteiger partial charge on any atom is -0.497 e. The molecule has 0 atom stereocenters. The van der Waals surface area contributed by atoms with E-state index in [1.165, 1.54) is 5.56 Å². The first-order valence-corrected chi connectivity index (χ1v) is 6.19. The van der Waals surface area contributed by atoms with E-state index in [9.17, 15) is 0 Å². The van der Waals surface area contributed by atoms with Crippen LogP contribution in [0.1, 0.15) is 5.56 Å². The molecule has 0 amide bonds. The molecule has 2 rings (SSSR count). The van der Waals surface area contributed by atoms with Gasteiger partial charge < -0.3 is 10.1 Å². The molecule has 0 fully saturated rings. The van der Waals surface area contributed by atoms with E-state index in [2.05, 4.69) is 33.4 Å². The summed E-state index contributed by atoms with van der Waals surface area (Å²) in [6.07, 6.45) is 0. The van der Waals surface area contributed by atoms with E-state index in [1.54, 1.807) is 7.11 Å². The Morgan fingerprint density at radius 1 is 1.12 bits per heavy atom. The molecule has 0 spiro atoms. The molecule has 0 bridgehead atoms. The molecule has 0 saturated heterocycles. The lowest BCUT2D eigenvalue weighted by Gasteiger charge is -2.08. The van der Waals surface area contributed by atoms with E-state index in [0.717, 1.165) is 22.5 Å². The van der Waals surface area contributed by atoms with Gasteiger partial charge in [0.25, 0.3) is 0 Å². The van der Waals surface area contributed by atoms with Crippen LogP contribution in [-0.4, -0.2) is 7.11 Å². The Morgan fingerprint density at radius 3 is 2.59 bits per heavy atom. The summed E-state index contributed by atoms with van der Waals surface area (Å²) in [5.74, 6) is 0.866. The summed E-state index contributed by atoms with van der Waals surface area (Å²) < 4.78 is 6.28. The molecule has 17 heavy (non-hydrogen) atoms. The first kappa shape index (κ1) is 12.0. The predicted molar refractivity (Wildman–Crippen MR) is 74.5 cm³/mol. The topological polar surface area (TPSA) is 21.3 Å². The van der Waals surface area contributed by atoms with Crippen molar-refractivity contribution in [1.82, 2.24) is 0 Å². The fourth-order valence-corrected chi connectivity index (χ4v) is 1.80. The molecule has 0 saturated carbocycles. The van der Waals surface area contributed by atoms with Crippen molar-refractivity contribution >= 4 is 21.6 Å². The molecule has 88 valence electrons. The number of anilines is 1. The van der Waals surface area contributed by atoms with Gasteiger partial charge in [-0.25, -0.2) is 0 Å². The summed E-state index contributed by atoms with van der Waals surface area (Å²) >= 11 is 3.42. The molecule has 0 unspecified atom stereocenters. The molecule has 0 aromatic heterocycles. The zero-order valence-electron chi connectivity index (χ0n) is 9.61. The number of ether oxygens (including phenoxy) is 1. The highest BCUT2D eigenvalue weighted by Gasteiger charge is 1.96. The molecule has 2 aromatic carbocycles. The summed E-state index contributed by atoms with van der Waals surface area (Å²) in [5, 5.41) is 3.36. The molecule has 2 nitrogen and oxygen atoms in total. The van der Waals surface area contributed by atoms with E-state index in [4.69, 9.17) is 4.74 Å². The van der Waals surface area contributed by atoms with Crippen LogP contribution in [0.15, 0.2) is 53.0 Å². The number of hydrogen-bond acceptors (Lipinski definition) is 2. The molecule has 0 radical (unpaired) electrons. The van der Waals surface area contributed by atoms with Gasteiger partial charge in [-0.3, -0.25) is 0 Å². The summed E-state index contributed by atoms with van der Waals surface area (Å²) in [6.45, 7) is 0.806. The first-order chi connectivity index (χ1) is 8.28. The number of halogens is 1. The number of rotatable bonds is 4. The fraction of sp³-hybridized carbons (Fsp3) is 0.143. The van der Waals surface area contributed by atoms with Crippen LogP contribution in [0.2, 0.25) is 0 Å². The summed E-state index contributed by atoms with van der Waals surface area (Å²) in [6, 6.07) is 16.2. The second-order valence-electron chi connectivity index (χ2n) is 3.71. The summed E-state index contributed by atoms with van der Waals surface area (Å²) in [7, 11) is 1.67. The van der Waals surface area contributed by atoms with Crippen molar-refractivity contribution in [2.75, 3.05) is 12.4 Å². The van der Waals surface area contributed by atoms with E-state index in [1.807, 2.05) is 36.4 Å². The van der Waals surface area contributed by atoms with Gasteiger partial charge in [0.05, 0.1) is 7.11 Å². The Bertz CT molecular complexity index is 482. The van der Waals surface area contributed by atoms with E-state index < -0.39 is 0 Å². The minimum absolute atomic E-state index is 0.806. The number of methoxy groups -OCH3 is 1. The zero-order valence-corrected chi connectivity index (χ0v) is 11.2. The second-order valence-corrected chi connectivity index (χ2v) is 4.63. The third-order valence-electron chi connectivity index (χ3n) is 2.48. The lowest BCUT2D eigenvalue weighted by molar-refractivity contribution is 0.415. The van der Waals surface area contributed by atoms with Crippen LogP contribution in [0, 0.1) is 0 Å². The first-order valence-electron chi connectivity index (χ1n) is 5.40. The average Bonchev–Trinajstić information content (AvgIpc) is 2.38. The van der Waals surface area contributed by atoms with Gasteiger partial charge in [-0.05, 0) is 29.8 Å². The van der Waals surface area contributed by atoms with Crippen LogP contribution in [0.5, 0.6) is 5.75 Å². The summed E-state index contributed by atoms with van der Waals surface area (Å²) in [4.78, 5) is 0. The molecule has 0 heterocycles. The highest BCUT2D eigenvalue weighted by Crippen LogP contribution is 2.18. The number of hydrogen-bond donors (Lipinski definition) is 1. The standard InChI is InChI=1S/C14H14BrNO/c1-17-14-4-2-3-13(9-14)16-10-11-5-7-12(15)8-6-11/h2-9,16H,10H2,1H3. The smallest absolute Gasteiger partial charge is 0.120 e. The van der Waals surface area contributed by atoms with Gasteiger partial charge >= 0.3 is 0 Å². The van der Waals surface area contributed by atoms with Crippen molar-refractivity contribution in [3.05, 3.63) is 58.6 Å². The Kier molecular flexibility index (Phi) is 4.04. The number of nitrogens with one attached hydrogen (secondary N) is 1. The maximum atomic E-state index is 5.18. The minimum atomic E-state index is 0.806. The van der Waals surface area contributed by atoms with Crippen LogP contribution in [-0.2, 0) is 6.54 Å². The zero-order chi connectivity index (χ0) is 12.1. The average molecular weight is 292 g/mol. The molecule has 0 aliphatic rings. The third-order valence-corrected chi connectivity index (χ3v) is 3.01. The van der Waals surface area contributed by atoms with Crippen molar-refractivity contribution in [2.24, 2.45) is 0 Å². The van der Waals surface area contributed by atoms with Gasteiger partial charge in [0.15, 0.2) is 0 Å².